The van der Waals surface area contributed by atoms with Crippen molar-refractivity contribution in [2.45, 2.75) is 13.8 Å². The van der Waals surface area contributed by atoms with Crippen LogP contribution in [0.4, 0.5) is 5.69 Å². The van der Waals surface area contributed by atoms with Crippen molar-refractivity contribution in [2.24, 2.45) is 4.99 Å². The van der Waals surface area contributed by atoms with Crippen LogP contribution in [0.2, 0.25) is 0 Å². The number of carbonyl (C=O) groups is 1. The Kier molecular flexibility index (Phi) is 6.82. The molecule has 0 unspecified atom stereocenters. The third-order valence-corrected chi connectivity index (χ3v) is 5.31. The fourth-order valence-electron chi connectivity index (χ4n) is 2.84. The lowest BCUT2D eigenvalue weighted by Gasteiger charge is -2.12. The minimum absolute atomic E-state index is 0.0694. The first-order valence-electron chi connectivity index (χ1n) is 9.34. The second-order valence-corrected chi connectivity index (χ2v) is 7.10. The summed E-state index contributed by atoms with van der Waals surface area (Å²) in [5, 5.41) is 0.653. The molecule has 0 saturated carbocycles. The average molecular weight is 413 g/mol. The minimum Gasteiger partial charge on any atom is -0.497 e. The first-order chi connectivity index (χ1) is 14.1. The molecule has 1 saturated heterocycles. The number of aliphatic imine (C=N–C) groups is 1. The van der Waals surface area contributed by atoms with Gasteiger partial charge < -0.3 is 14.2 Å². The maximum atomic E-state index is 12.9. The maximum absolute atomic E-state index is 12.9. The third-order valence-electron chi connectivity index (χ3n) is 4.30. The second-order valence-electron chi connectivity index (χ2n) is 6.09. The number of nitrogens with zero attached hydrogens (tertiary/aromatic N) is 2. The Balaban J connectivity index is 1.89. The molecule has 0 spiro atoms. The lowest BCUT2D eigenvalue weighted by Crippen LogP contribution is -2.28. The number of benzene rings is 2. The summed E-state index contributed by atoms with van der Waals surface area (Å²) in [6.45, 7) is 5.03. The Labute approximate surface area is 175 Å². The Morgan fingerprint density at radius 3 is 2.38 bits per heavy atom. The Hall–Kier alpha value is -2.93. The predicted octanol–water partition coefficient (Wildman–Crippen LogP) is 4.73. The number of hydrogen-bond acceptors (Lipinski definition) is 6. The van der Waals surface area contributed by atoms with E-state index in [4.69, 9.17) is 14.2 Å². The number of amidine groups is 1. The van der Waals surface area contributed by atoms with E-state index in [1.807, 2.05) is 56.3 Å². The number of thioether (sulfide) groups is 1. The van der Waals surface area contributed by atoms with Gasteiger partial charge in [-0.1, -0.05) is 0 Å². The summed E-state index contributed by atoms with van der Waals surface area (Å²) in [4.78, 5) is 19.8. The van der Waals surface area contributed by atoms with Gasteiger partial charge in [0.25, 0.3) is 5.91 Å². The standard InChI is InChI=1S/C22H24N2O4S/c1-5-24-21(25)20(13-15-7-10-18(26-3)14-19(15)27-4)29-22(24)23-16-8-11-17(12-9-16)28-6-2/h7-14H,5-6H2,1-4H3. The van der Waals surface area contributed by atoms with Gasteiger partial charge in [-0.3, -0.25) is 9.69 Å². The van der Waals surface area contributed by atoms with Crippen molar-refractivity contribution in [1.82, 2.24) is 4.90 Å². The molecule has 1 amide bonds. The largest absolute Gasteiger partial charge is 0.497 e. The van der Waals surface area contributed by atoms with Gasteiger partial charge in [0.1, 0.15) is 17.2 Å². The van der Waals surface area contributed by atoms with Crippen LogP contribution in [0.1, 0.15) is 19.4 Å². The van der Waals surface area contributed by atoms with Gasteiger partial charge in [-0.05, 0) is 68.1 Å². The Bertz CT molecular complexity index is 938. The van der Waals surface area contributed by atoms with Gasteiger partial charge in [-0.2, -0.15) is 0 Å². The zero-order valence-electron chi connectivity index (χ0n) is 17.0. The monoisotopic (exact) mass is 412 g/mol. The molecule has 152 valence electrons. The van der Waals surface area contributed by atoms with Gasteiger partial charge in [0, 0.05) is 18.2 Å². The molecular weight excluding hydrogens is 388 g/mol. The zero-order valence-corrected chi connectivity index (χ0v) is 17.8. The van der Waals surface area contributed by atoms with Gasteiger partial charge >= 0.3 is 0 Å². The number of ether oxygens (including phenoxy) is 3. The fraction of sp³-hybridized carbons (Fsp3) is 0.273. The van der Waals surface area contributed by atoms with Crippen molar-refractivity contribution in [1.29, 1.82) is 0 Å². The Morgan fingerprint density at radius 2 is 1.76 bits per heavy atom. The average Bonchev–Trinajstić information content (AvgIpc) is 3.03. The lowest BCUT2D eigenvalue weighted by atomic mass is 10.1. The van der Waals surface area contributed by atoms with Crippen molar-refractivity contribution < 1.29 is 19.0 Å². The molecule has 3 rings (SSSR count). The van der Waals surface area contributed by atoms with E-state index < -0.39 is 0 Å². The van der Waals surface area contributed by atoms with Crippen molar-refractivity contribution in [2.75, 3.05) is 27.4 Å². The number of carbonyl (C=O) groups excluding carboxylic acids is 1. The topological polar surface area (TPSA) is 60.4 Å². The molecule has 0 aliphatic carbocycles. The highest BCUT2D eigenvalue weighted by Gasteiger charge is 2.32. The number of rotatable bonds is 7. The molecule has 0 atom stereocenters. The first kappa shape index (κ1) is 20.8. The number of hydrogen-bond donors (Lipinski definition) is 0. The van der Waals surface area contributed by atoms with Crippen LogP contribution in [-0.2, 0) is 4.79 Å². The van der Waals surface area contributed by atoms with Crippen molar-refractivity contribution in [3.63, 3.8) is 0 Å². The number of amides is 1. The van der Waals surface area contributed by atoms with Crippen LogP contribution in [0.5, 0.6) is 17.2 Å². The SMILES string of the molecule is CCOc1ccc(N=C2SC(=Cc3ccc(OC)cc3OC)C(=O)N2CC)cc1. The van der Waals surface area contributed by atoms with Crippen LogP contribution in [-0.4, -0.2) is 43.3 Å². The zero-order chi connectivity index (χ0) is 20.8. The highest BCUT2D eigenvalue weighted by atomic mass is 32.2. The molecule has 1 heterocycles. The van der Waals surface area contributed by atoms with Gasteiger partial charge in [-0.15, -0.1) is 0 Å². The molecular formula is C22H24N2O4S. The van der Waals surface area contributed by atoms with Gasteiger partial charge in [0.2, 0.25) is 0 Å². The minimum atomic E-state index is -0.0694. The third kappa shape index (κ3) is 4.74. The van der Waals surface area contributed by atoms with E-state index in [2.05, 4.69) is 4.99 Å². The van der Waals surface area contributed by atoms with E-state index in [-0.39, 0.29) is 5.91 Å². The van der Waals surface area contributed by atoms with Crippen molar-refractivity contribution in [3.8, 4) is 17.2 Å². The molecule has 29 heavy (non-hydrogen) atoms. The highest BCUT2D eigenvalue weighted by Crippen LogP contribution is 2.36. The maximum Gasteiger partial charge on any atom is 0.266 e. The molecule has 1 fully saturated rings. The molecule has 7 heteroatoms. The van der Waals surface area contributed by atoms with E-state index in [9.17, 15) is 4.79 Å². The van der Waals surface area contributed by atoms with Gasteiger partial charge in [0.15, 0.2) is 5.17 Å². The van der Waals surface area contributed by atoms with E-state index in [0.29, 0.717) is 34.7 Å². The highest BCUT2D eigenvalue weighted by molar-refractivity contribution is 8.18. The fourth-order valence-corrected chi connectivity index (χ4v) is 3.90. The summed E-state index contributed by atoms with van der Waals surface area (Å²) in [6, 6.07) is 13.0. The van der Waals surface area contributed by atoms with E-state index in [1.165, 1.54) is 11.8 Å². The summed E-state index contributed by atoms with van der Waals surface area (Å²) in [6.07, 6.45) is 1.83. The molecule has 0 N–H and O–H groups in total. The lowest BCUT2D eigenvalue weighted by molar-refractivity contribution is -0.122. The quantitative estimate of drug-likeness (QED) is 0.616. The Morgan fingerprint density at radius 1 is 1.03 bits per heavy atom. The molecule has 0 radical (unpaired) electrons. The van der Waals surface area contributed by atoms with E-state index in [0.717, 1.165) is 17.0 Å². The molecule has 6 nitrogen and oxygen atoms in total. The van der Waals surface area contributed by atoms with Crippen molar-refractivity contribution >= 4 is 34.6 Å². The normalized spacial score (nSPS) is 16.6. The molecule has 0 aromatic heterocycles. The summed E-state index contributed by atoms with van der Waals surface area (Å²) in [5.74, 6) is 2.07. The molecule has 2 aromatic carbocycles. The van der Waals surface area contributed by atoms with Crippen LogP contribution in [0, 0.1) is 0 Å². The van der Waals surface area contributed by atoms with E-state index in [1.54, 1.807) is 25.2 Å². The summed E-state index contributed by atoms with van der Waals surface area (Å²) in [5.41, 5.74) is 1.58. The van der Waals surface area contributed by atoms with Crippen LogP contribution < -0.4 is 14.2 Å². The van der Waals surface area contributed by atoms with Crippen molar-refractivity contribution in [3.05, 3.63) is 52.9 Å². The van der Waals surface area contributed by atoms with E-state index >= 15 is 0 Å². The van der Waals surface area contributed by atoms with Crippen LogP contribution in [0.3, 0.4) is 0 Å². The molecule has 1 aliphatic heterocycles. The van der Waals surface area contributed by atoms with Gasteiger partial charge in [-0.25, -0.2) is 4.99 Å². The molecule has 1 aliphatic rings. The first-order valence-corrected chi connectivity index (χ1v) is 10.2. The number of likely N-dealkylation sites (N-methyl/N-ethyl adjacent to an activating group) is 1. The van der Waals surface area contributed by atoms with Crippen LogP contribution >= 0.6 is 11.8 Å². The summed E-state index contributed by atoms with van der Waals surface area (Å²) < 4.78 is 16.1. The van der Waals surface area contributed by atoms with Gasteiger partial charge in [0.05, 0.1) is 31.4 Å². The summed E-state index contributed by atoms with van der Waals surface area (Å²) >= 11 is 1.35. The number of methoxy groups -OCH3 is 2. The van der Waals surface area contributed by atoms with Crippen LogP contribution in [0.15, 0.2) is 52.4 Å². The summed E-state index contributed by atoms with van der Waals surface area (Å²) in [7, 11) is 3.20. The van der Waals surface area contributed by atoms with Crippen LogP contribution in [0.25, 0.3) is 6.08 Å². The second kappa shape index (κ2) is 9.52. The predicted molar refractivity (Wildman–Crippen MR) is 117 cm³/mol. The smallest absolute Gasteiger partial charge is 0.266 e. The molecule has 2 aromatic rings. The molecule has 0 bridgehead atoms.